The van der Waals surface area contributed by atoms with Crippen LogP contribution in [0.15, 0.2) is 0 Å². The van der Waals surface area contributed by atoms with Crippen molar-refractivity contribution in [1.29, 1.82) is 0 Å². The lowest BCUT2D eigenvalue weighted by molar-refractivity contribution is 0.131. The van der Waals surface area contributed by atoms with Gasteiger partial charge in [0, 0.05) is 19.1 Å². The Balaban J connectivity index is 1.98. The summed E-state index contributed by atoms with van der Waals surface area (Å²) in [7, 11) is 0. The molecule has 0 bridgehead atoms. The van der Waals surface area contributed by atoms with E-state index in [0.717, 1.165) is 42.9 Å². The molecule has 0 spiro atoms. The van der Waals surface area contributed by atoms with Crippen LogP contribution in [0.1, 0.15) is 31.4 Å². The molecule has 4 heterocycles. The molecule has 5 nitrogen and oxygen atoms in total. The molecule has 0 radical (unpaired) electrons. The molecule has 4 rings (SSSR count). The molecule has 2 aliphatic rings. The van der Waals surface area contributed by atoms with Crippen LogP contribution in [0.25, 0.3) is 10.9 Å². The van der Waals surface area contributed by atoms with E-state index in [1.807, 2.05) is 0 Å². The molecule has 21 heavy (non-hydrogen) atoms. The van der Waals surface area contributed by atoms with Crippen LogP contribution in [-0.4, -0.2) is 41.0 Å². The van der Waals surface area contributed by atoms with Crippen molar-refractivity contribution in [1.82, 2.24) is 15.2 Å². The molecule has 1 saturated heterocycles. The number of H-pyrrole nitrogens is 1. The molecule has 2 aromatic heterocycles. The summed E-state index contributed by atoms with van der Waals surface area (Å²) in [6.45, 7) is 4.39. The number of aromatic amines is 1. The summed E-state index contributed by atoms with van der Waals surface area (Å²) in [4.78, 5) is 6.52. The number of nitrogens with one attached hydrogen (secondary N) is 1. The number of hydrogen-bond donors (Lipinski definition) is 1. The van der Waals surface area contributed by atoms with Gasteiger partial charge in [0.1, 0.15) is 5.52 Å². The van der Waals surface area contributed by atoms with Crippen LogP contribution in [0.4, 0.5) is 10.2 Å². The molecular formula is C14H16ClFN4O. The van der Waals surface area contributed by atoms with Gasteiger partial charge in [0.05, 0.1) is 23.7 Å². The lowest BCUT2D eigenvalue weighted by Gasteiger charge is -2.28. The van der Waals surface area contributed by atoms with Crippen molar-refractivity contribution in [2.24, 2.45) is 0 Å². The van der Waals surface area contributed by atoms with E-state index in [9.17, 15) is 4.39 Å². The fourth-order valence-corrected chi connectivity index (χ4v) is 3.62. The van der Waals surface area contributed by atoms with Crippen molar-refractivity contribution >= 4 is 28.3 Å². The molecule has 2 aromatic rings. The van der Waals surface area contributed by atoms with Gasteiger partial charge in [0.25, 0.3) is 0 Å². The van der Waals surface area contributed by atoms with Gasteiger partial charge in [-0.05, 0) is 12.8 Å². The molecular weight excluding hydrogens is 295 g/mol. The Hall–Kier alpha value is -1.40. The first-order chi connectivity index (χ1) is 10.2. The summed E-state index contributed by atoms with van der Waals surface area (Å²) in [6.07, 6.45) is 1.85. The number of ether oxygens (including phenoxy) is 1. The third-order valence-electron chi connectivity index (χ3n) is 4.43. The highest BCUT2D eigenvalue weighted by molar-refractivity contribution is 6.30. The zero-order valence-corrected chi connectivity index (χ0v) is 12.5. The van der Waals surface area contributed by atoms with Gasteiger partial charge in [-0.25, -0.2) is 9.37 Å². The van der Waals surface area contributed by atoms with Crippen LogP contribution in [0.5, 0.6) is 0 Å². The smallest absolute Gasteiger partial charge is 0.186 e. The normalized spacial score (nSPS) is 25.6. The maximum absolute atomic E-state index is 14.2. The van der Waals surface area contributed by atoms with Crippen LogP contribution in [0.2, 0.25) is 5.15 Å². The maximum atomic E-state index is 14.2. The van der Waals surface area contributed by atoms with Crippen LogP contribution >= 0.6 is 11.6 Å². The van der Waals surface area contributed by atoms with Crippen LogP contribution in [0.3, 0.4) is 0 Å². The van der Waals surface area contributed by atoms with Crippen LogP contribution in [-0.2, 0) is 4.74 Å². The molecule has 7 heteroatoms. The quantitative estimate of drug-likeness (QED) is 0.760. The number of halogens is 2. The molecule has 1 fully saturated rings. The second kappa shape index (κ2) is 4.81. The topological polar surface area (TPSA) is 54.0 Å². The van der Waals surface area contributed by atoms with E-state index in [-0.39, 0.29) is 17.1 Å². The van der Waals surface area contributed by atoms with Crippen LogP contribution in [0, 0.1) is 5.82 Å². The summed E-state index contributed by atoms with van der Waals surface area (Å²) in [6, 6.07) is 0.241. The van der Waals surface area contributed by atoms with Crippen LogP contribution < -0.4 is 4.90 Å². The summed E-state index contributed by atoms with van der Waals surface area (Å²) in [5, 5.41) is 7.84. The average molecular weight is 311 g/mol. The van der Waals surface area contributed by atoms with Gasteiger partial charge in [-0.1, -0.05) is 18.5 Å². The Morgan fingerprint density at radius 1 is 1.48 bits per heavy atom. The van der Waals surface area contributed by atoms with Crippen molar-refractivity contribution < 1.29 is 9.13 Å². The SMILES string of the molecule is C[C@@H]1C[C@H]2COCCCN2c2n[nH]c3c(F)c(Cl)nc1c23. The first-order valence-electron chi connectivity index (χ1n) is 7.24. The van der Waals surface area contributed by atoms with Gasteiger partial charge in [0.2, 0.25) is 0 Å². The molecule has 2 aliphatic heterocycles. The maximum Gasteiger partial charge on any atom is 0.186 e. The van der Waals surface area contributed by atoms with Gasteiger partial charge in [-0.15, -0.1) is 0 Å². The number of pyridine rings is 1. The zero-order valence-electron chi connectivity index (χ0n) is 11.7. The third-order valence-corrected chi connectivity index (χ3v) is 4.68. The number of rotatable bonds is 0. The summed E-state index contributed by atoms with van der Waals surface area (Å²) >= 11 is 5.93. The van der Waals surface area contributed by atoms with E-state index < -0.39 is 5.82 Å². The van der Waals surface area contributed by atoms with Gasteiger partial charge < -0.3 is 9.64 Å². The molecule has 0 aromatic carbocycles. The standard InChI is InChI=1S/C14H16ClFN4O/c1-7-5-8-6-21-4-2-3-20(8)14-9-11(7)17-13(15)10(16)12(9)18-19-14/h7-8H,2-6H2,1H3,(H,18,19)/t7-,8+/m1/s1. The van der Waals surface area contributed by atoms with E-state index >= 15 is 0 Å². The number of aromatic nitrogens is 3. The number of nitrogens with zero attached hydrogens (tertiary/aromatic N) is 3. The lowest BCUT2D eigenvalue weighted by Crippen LogP contribution is -2.37. The van der Waals surface area contributed by atoms with E-state index in [0.29, 0.717) is 12.1 Å². The lowest BCUT2D eigenvalue weighted by atomic mass is 9.97. The van der Waals surface area contributed by atoms with Gasteiger partial charge >= 0.3 is 0 Å². The Bertz CT molecular complexity index is 704. The predicted molar refractivity (Wildman–Crippen MR) is 78.5 cm³/mol. The van der Waals surface area contributed by atoms with Crippen molar-refractivity contribution in [2.75, 3.05) is 24.7 Å². The Kier molecular flexibility index (Phi) is 3.04. The largest absolute Gasteiger partial charge is 0.379 e. The van der Waals surface area contributed by atoms with Gasteiger partial charge in [-0.3, -0.25) is 5.10 Å². The van der Waals surface area contributed by atoms with E-state index in [1.54, 1.807) is 0 Å². The Morgan fingerprint density at radius 3 is 3.19 bits per heavy atom. The molecule has 1 N–H and O–H groups in total. The fraction of sp³-hybridized carbons (Fsp3) is 0.571. The second-order valence-corrected chi connectivity index (χ2v) is 6.17. The minimum absolute atomic E-state index is 0.0899. The molecule has 2 atom stereocenters. The minimum atomic E-state index is -0.522. The van der Waals surface area contributed by atoms with E-state index in [4.69, 9.17) is 16.3 Å². The van der Waals surface area contributed by atoms with Crippen molar-refractivity contribution in [2.45, 2.75) is 31.7 Å². The molecule has 0 amide bonds. The van der Waals surface area contributed by atoms with Crippen molar-refractivity contribution in [3.8, 4) is 0 Å². The summed E-state index contributed by atoms with van der Waals surface area (Å²) in [5.41, 5.74) is 1.19. The van der Waals surface area contributed by atoms with E-state index in [1.165, 1.54) is 0 Å². The zero-order chi connectivity index (χ0) is 14.6. The number of fused-ring (bicyclic) bond motifs is 2. The van der Waals surface area contributed by atoms with Gasteiger partial charge in [0.15, 0.2) is 16.8 Å². The number of hydrogen-bond acceptors (Lipinski definition) is 4. The minimum Gasteiger partial charge on any atom is -0.379 e. The Morgan fingerprint density at radius 2 is 2.33 bits per heavy atom. The monoisotopic (exact) mass is 310 g/mol. The first-order valence-corrected chi connectivity index (χ1v) is 7.62. The highest BCUT2D eigenvalue weighted by Gasteiger charge is 2.34. The number of anilines is 1. The second-order valence-electron chi connectivity index (χ2n) is 5.81. The van der Waals surface area contributed by atoms with Crippen molar-refractivity contribution in [3.05, 3.63) is 16.7 Å². The highest BCUT2D eigenvalue weighted by atomic mass is 35.5. The molecule has 0 unspecified atom stereocenters. The average Bonchev–Trinajstić information content (AvgIpc) is 2.72. The molecule has 112 valence electrons. The van der Waals surface area contributed by atoms with E-state index in [2.05, 4.69) is 27.0 Å². The van der Waals surface area contributed by atoms with Gasteiger partial charge in [-0.2, -0.15) is 5.10 Å². The summed E-state index contributed by atoms with van der Waals surface area (Å²) < 4.78 is 19.9. The fourth-order valence-electron chi connectivity index (χ4n) is 3.43. The first kappa shape index (κ1) is 13.3. The highest BCUT2D eigenvalue weighted by Crippen LogP contribution is 2.40. The summed E-state index contributed by atoms with van der Waals surface area (Å²) in [5.74, 6) is 0.437. The third kappa shape index (κ3) is 1.92. The molecule has 0 aliphatic carbocycles. The predicted octanol–water partition coefficient (Wildman–Crippen LogP) is 2.85. The molecule has 0 saturated carbocycles. The Labute approximate surface area is 126 Å². The van der Waals surface area contributed by atoms with Crippen molar-refractivity contribution in [3.63, 3.8) is 0 Å².